The minimum absolute atomic E-state index is 0.0326. The van der Waals surface area contributed by atoms with Crippen molar-refractivity contribution in [2.45, 2.75) is 13.5 Å². The highest BCUT2D eigenvalue weighted by Gasteiger charge is 2.11. The van der Waals surface area contributed by atoms with Crippen molar-refractivity contribution in [1.82, 2.24) is 9.88 Å². The van der Waals surface area contributed by atoms with Gasteiger partial charge in [0, 0.05) is 18.1 Å². The molecule has 0 saturated carbocycles. The van der Waals surface area contributed by atoms with Crippen LogP contribution in [0.1, 0.15) is 9.88 Å². The molecule has 0 spiro atoms. The lowest BCUT2D eigenvalue weighted by atomic mass is 10.5. The smallest absolute Gasteiger partial charge is 0.409 e. The van der Waals surface area contributed by atoms with E-state index >= 15 is 0 Å². The first-order valence-electron chi connectivity index (χ1n) is 4.53. The van der Waals surface area contributed by atoms with Gasteiger partial charge in [-0.2, -0.15) is 0 Å². The molecular formula is C9H14N2O3S. The fraction of sp³-hybridized carbons (Fsp3) is 0.556. The maximum absolute atomic E-state index is 11.3. The standard InChI is InChI=1S/C9H14N2O3S/c1-7-10-5-8(15-7)6-11(2)9(13)14-4-3-12/h5,12H,3-4,6H2,1-2H3. The molecule has 0 aliphatic carbocycles. The highest BCUT2D eigenvalue weighted by molar-refractivity contribution is 7.11. The molecule has 0 radical (unpaired) electrons. The third-order valence-electron chi connectivity index (χ3n) is 1.69. The molecule has 1 amide bonds. The van der Waals surface area contributed by atoms with Crippen molar-refractivity contribution in [3.63, 3.8) is 0 Å². The summed E-state index contributed by atoms with van der Waals surface area (Å²) in [7, 11) is 1.65. The number of nitrogens with zero attached hydrogens (tertiary/aromatic N) is 2. The molecular weight excluding hydrogens is 216 g/mol. The topological polar surface area (TPSA) is 62.7 Å². The number of aliphatic hydroxyl groups is 1. The van der Waals surface area contributed by atoms with E-state index in [2.05, 4.69) is 4.98 Å². The van der Waals surface area contributed by atoms with Crippen LogP contribution in [0.2, 0.25) is 0 Å². The van der Waals surface area contributed by atoms with Gasteiger partial charge in [0.05, 0.1) is 18.2 Å². The molecule has 1 aromatic rings. The van der Waals surface area contributed by atoms with Crippen LogP contribution < -0.4 is 0 Å². The number of hydrogen-bond acceptors (Lipinski definition) is 5. The quantitative estimate of drug-likeness (QED) is 0.838. The summed E-state index contributed by atoms with van der Waals surface area (Å²) in [5.74, 6) is 0. The molecule has 1 N–H and O–H groups in total. The molecule has 84 valence electrons. The van der Waals surface area contributed by atoms with E-state index in [0.29, 0.717) is 6.54 Å². The van der Waals surface area contributed by atoms with Crippen LogP contribution in [-0.2, 0) is 11.3 Å². The van der Waals surface area contributed by atoms with Gasteiger partial charge in [-0.3, -0.25) is 0 Å². The van der Waals surface area contributed by atoms with Gasteiger partial charge >= 0.3 is 6.09 Å². The highest BCUT2D eigenvalue weighted by Crippen LogP contribution is 2.13. The van der Waals surface area contributed by atoms with Gasteiger partial charge in [0.2, 0.25) is 0 Å². The number of carbonyl (C=O) groups excluding carboxylic acids is 1. The first-order valence-corrected chi connectivity index (χ1v) is 5.35. The summed E-state index contributed by atoms with van der Waals surface area (Å²) in [6.45, 7) is 2.28. The van der Waals surface area contributed by atoms with Gasteiger partial charge in [-0.25, -0.2) is 9.78 Å². The summed E-state index contributed by atoms with van der Waals surface area (Å²) in [5, 5.41) is 9.46. The van der Waals surface area contributed by atoms with Gasteiger partial charge in [-0.15, -0.1) is 11.3 Å². The van der Waals surface area contributed by atoms with Crippen LogP contribution in [-0.4, -0.2) is 41.3 Å². The van der Waals surface area contributed by atoms with E-state index in [9.17, 15) is 4.79 Å². The average molecular weight is 230 g/mol. The third kappa shape index (κ3) is 3.85. The number of carbonyl (C=O) groups is 1. The van der Waals surface area contributed by atoms with Crippen LogP contribution in [0.3, 0.4) is 0 Å². The van der Waals surface area contributed by atoms with Crippen LogP contribution in [0.25, 0.3) is 0 Å². The zero-order valence-corrected chi connectivity index (χ0v) is 9.58. The van der Waals surface area contributed by atoms with Crippen molar-refractivity contribution in [3.8, 4) is 0 Å². The summed E-state index contributed by atoms with van der Waals surface area (Å²) in [4.78, 5) is 17.8. The number of aromatic nitrogens is 1. The Hall–Kier alpha value is -1.14. The van der Waals surface area contributed by atoms with Crippen LogP contribution in [0.4, 0.5) is 4.79 Å². The van der Waals surface area contributed by atoms with Crippen molar-refractivity contribution in [1.29, 1.82) is 0 Å². The molecule has 1 aromatic heterocycles. The van der Waals surface area contributed by atoms with Crippen LogP contribution in [0.5, 0.6) is 0 Å². The molecule has 0 saturated heterocycles. The predicted molar refractivity (Wildman–Crippen MR) is 56.8 cm³/mol. The van der Waals surface area contributed by atoms with E-state index in [1.165, 1.54) is 4.90 Å². The summed E-state index contributed by atoms with van der Waals surface area (Å²) < 4.78 is 4.75. The Bertz CT molecular complexity index is 327. The molecule has 0 aliphatic heterocycles. The second kappa shape index (κ2) is 5.67. The van der Waals surface area contributed by atoms with E-state index in [1.807, 2.05) is 6.92 Å². The number of aliphatic hydroxyl groups excluding tert-OH is 1. The predicted octanol–water partition coefficient (Wildman–Crippen LogP) is 1.01. The summed E-state index contributed by atoms with van der Waals surface area (Å²) >= 11 is 1.55. The number of amides is 1. The molecule has 5 nitrogen and oxygen atoms in total. The van der Waals surface area contributed by atoms with Crippen molar-refractivity contribution < 1.29 is 14.6 Å². The molecule has 0 fully saturated rings. The number of rotatable bonds is 4. The molecule has 15 heavy (non-hydrogen) atoms. The zero-order chi connectivity index (χ0) is 11.3. The van der Waals surface area contributed by atoms with Gasteiger partial charge in [0.25, 0.3) is 0 Å². The van der Waals surface area contributed by atoms with Crippen molar-refractivity contribution in [2.75, 3.05) is 20.3 Å². The van der Waals surface area contributed by atoms with Gasteiger partial charge in [-0.05, 0) is 6.92 Å². The molecule has 1 heterocycles. The van der Waals surface area contributed by atoms with E-state index in [1.54, 1.807) is 24.6 Å². The molecule has 0 aromatic carbocycles. The van der Waals surface area contributed by atoms with Gasteiger partial charge in [-0.1, -0.05) is 0 Å². The fourth-order valence-corrected chi connectivity index (χ4v) is 1.87. The number of hydrogen-bond donors (Lipinski definition) is 1. The second-order valence-electron chi connectivity index (χ2n) is 3.04. The monoisotopic (exact) mass is 230 g/mol. The molecule has 6 heteroatoms. The van der Waals surface area contributed by atoms with Crippen molar-refractivity contribution >= 4 is 17.4 Å². The highest BCUT2D eigenvalue weighted by atomic mass is 32.1. The van der Waals surface area contributed by atoms with Crippen LogP contribution in [0.15, 0.2) is 6.20 Å². The Labute approximate surface area is 92.3 Å². The Kier molecular flexibility index (Phi) is 4.51. The van der Waals surface area contributed by atoms with Crippen LogP contribution in [0, 0.1) is 6.92 Å². The SMILES string of the molecule is Cc1ncc(CN(C)C(=O)OCCO)s1. The number of thiazole rings is 1. The Balaban J connectivity index is 2.41. The normalized spacial score (nSPS) is 10.1. The third-order valence-corrected chi connectivity index (χ3v) is 2.59. The molecule has 0 aliphatic rings. The lowest BCUT2D eigenvalue weighted by molar-refractivity contribution is 0.0896. The lowest BCUT2D eigenvalue weighted by Crippen LogP contribution is -2.27. The van der Waals surface area contributed by atoms with Crippen LogP contribution >= 0.6 is 11.3 Å². The minimum Gasteiger partial charge on any atom is -0.447 e. The van der Waals surface area contributed by atoms with Crippen molar-refractivity contribution in [2.24, 2.45) is 0 Å². The van der Waals surface area contributed by atoms with E-state index in [4.69, 9.17) is 9.84 Å². The van der Waals surface area contributed by atoms with E-state index in [-0.39, 0.29) is 13.2 Å². The zero-order valence-electron chi connectivity index (χ0n) is 8.77. The molecule has 0 bridgehead atoms. The maximum Gasteiger partial charge on any atom is 0.409 e. The molecule has 0 atom stereocenters. The maximum atomic E-state index is 11.3. The fourth-order valence-electron chi connectivity index (χ4n) is 1.02. The van der Waals surface area contributed by atoms with Gasteiger partial charge in [0.1, 0.15) is 6.61 Å². The van der Waals surface area contributed by atoms with E-state index in [0.717, 1.165) is 9.88 Å². The first kappa shape index (κ1) is 11.9. The summed E-state index contributed by atoms with van der Waals surface area (Å²) in [5.41, 5.74) is 0. The average Bonchev–Trinajstić information content (AvgIpc) is 2.60. The Morgan fingerprint density at radius 2 is 2.47 bits per heavy atom. The minimum atomic E-state index is -0.435. The number of ether oxygens (including phenoxy) is 1. The first-order chi connectivity index (χ1) is 7.13. The lowest BCUT2D eigenvalue weighted by Gasteiger charge is -2.15. The van der Waals surface area contributed by atoms with Crippen molar-refractivity contribution in [3.05, 3.63) is 16.1 Å². The Morgan fingerprint density at radius 1 is 1.73 bits per heavy atom. The second-order valence-corrected chi connectivity index (χ2v) is 4.36. The molecule has 0 unspecified atom stereocenters. The van der Waals surface area contributed by atoms with Gasteiger partial charge in [0.15, 0.2) is 0 Å². The Morgan fingerprint density at radius 3 is 3.00 bits per heavy atom. The van der Waals surface area contributed by atoms with E-state index < -0.39 is 6.09 Å². The largest absolute Gasteiger partial charge is 0.447 e. The number of aryl methyl sites for hydroxylation is 1. The summed E-state index contributed by atoms with van der Waals surface area (Å²) in [6.07, 6.45) is 1.31. The van der Waals surface area contributed by atoms with Gasteiger partial charge < -0.3 is 14.7 Å². The molecule has 1 rings (SSSR count). The summed E-state index contributed by atoms with van der Waals surface area (Å²) in [6, 6.07) is 0.